The van der Waals surface area contributed by atoms with Gasteiger partial charge in [0.15, 0.2) is 0 Å². The Balaban J connectivity index is 1.73. The van der Waals surface area contributed by atoms with Crippen LogP contribution in [0.5, 0.6) is 0 Å². The van der Waals surface area contributed by atoms with Gasteiger partial charge < -0.3 is 5.32 Å². The smallest absolute Gasteiger partial charge is 0.237 e. The quantitative estimate of drug-likeness (QED) is 0.573. The normalized spacial score (nSPS) is 11.6. The van der Waals surface area contributed by atoms with Crippen LogP contribution in [0.2, 0.25) is 0 Å². The summed E-state index contributed by atoms with van der Waals surface area (Å²) in [6.45, 7) is 0.197. The number of nitrogens with one attached hydrogen (secondary N) is 1. The SMILES string of the molecule is O=C(CN(Cc1ccccc1)S(=O)(=O)C=Cc1ccccc1)NCc1ccccc1. The lowest BCUT2D eigenvalue weighted by Crippen LogP contribution is -2.39. The molecule has 0 fully saturated rings. The molecule has 0 aliphatic heterocycles. The fraction of sp³-hybridized carbons (Fsp3) is 0.125. The maximum atomic E-state index is 13.0. The van der Waals surface area contributed by atoms with E-state index in [0.717, 1.165) is 22.1 Å². The summed E-state index contributed by atoms with van der Waals surface area (Å²) in [7, 11) is -3.80. The molecule has 0 aromatic heterocycles. The fourth-order valence-electron chi connectivity index (χ4n) is 2.85. The minimum Gasteiger partial charge on any atom is -0.351 e. The highest BCUT2D eigenvalue weighted by atomic mass is 32.2. The van der Waals surface area contributed by atoms with Crippen LogP contribution in [0, 0.1) is 0 Å². The van der Waals surface area contributed by atoms with Gasteiger partial charge >= 0.3 is 0 Å². The zero-order valence-electron chi connectivity index (χ0n) is 16.5. The van der Waals surface area contributed by atoms with Crippen molar-refractivity contribution in [1.29, 1.82) is 0 Å². The van der Waals surface area contributed by atoms with Crippen LogP contribution in [0.15, 0.2) is 96.4 Å². The highest BCUT2D eigenvalue weighted by Crippen LogP contribution is 2.13. The van der Waals surface area contributed by atoms with E-state index in [1.807, 2.05) is 91.0 Å². The van der Waals surface area contributed by atoms with E-state index in [1.54, 1.807) is 0 Å². The number of hydrogen-bond donors (Lipinski definition) is 1. The molecule has 0 radical (unpaired) electrons. The van der Waals surface area contributed by atoms with Gasteiger partial charge in [-0.25, -0.2) is 8.42 Å². The van der Waals surface area contributed by atoms with Crippen molar-refractivity contribution < 1.29 is 13.2 Å². The lowest BCUT2D eigenvalue weighted by Gasteiger charge is -2.20. The maximum absolute atomic E-state index is 13.0. The van der Waals surface area contributed by atoms with Crippen LogP contribution < -0.4 is 5.32 Å². The second-order valence-electron chi connectivity index (χ2n) is 6.77. The summed E-state index contributed by atoms with van der Waals surface area (Å²) in [5, 5.41) is 3.94. The maximum Gasteiger partial charge on any atom is 0.237 e. The first kappa shape index (κ1) is 21.5. The third kappa shape index (κ3) is 6.69. The summed E-state index contributed by atoms with van der Waals surface area (Å²) in [6, 6.07) is 27.9. The number of rotatable bonds is 9. The Bertz CT molecular complexity index is 1070. The summed E-state index contributed by atoms with van der Waals surface area (Å²) in [5.74, 6) is -0.355. The van der Waals surface area contributed by atoms with Crippen molar-refractivity contribution in [2.75, 3.05) is 6.54 Å². The van der Waals surface area contributed by atoms with Gasteiger partial charge in [0.2, 0.25) is 15.9 Å². The van der Waals surface area contributed by atoms with Gasteiger partial charge in [0.25, 0.3) is 0 Å². The largest absolute Gasteiger partial charge is 0.351 e. The van der Waals surface area contributed by atoms with Gasteiger partial charge in [-0.1, -0.05) is 91.0 Å². The topological polar surface area (TPSA) is 66.5 Å². The number of hydrogen-bond acceptors (Lipinski definition) is 3. The van der Waals surface area contributed by atoms with E-state index < -0.39 is 10.0 Å². The molecule has 154 valence electrons. The molecule has 30 heavy (non-hydrogen) atoms. The van der Waals surface area contributed by atoms with Gasteiger partial charge in [0.05, 0.1) is 6.54 Å². The summed E-state index contributed by atoms with van der Waals surface area (Å²) in [6.07, 6.45) is 1.54. The van der Waals surface area contributed by atoms with Gasteiger partial charge in [-0.05, 0) is 22.8 Å². The second kappa shape index (κ2) is 10.5. The molecule has 0 aliphatic rings. The van der Waals surface area contributed by atoms with Crippen LogP contribution in [-0.4, -0.2) is 25.2 Å². The van der Waals surface area contributed by atoms with Crippen LogP contribution in [0.3, 0.4) is 0 Å². The standard InChI is InChI=1S/C24H24N2O3S/c27-24(25-18-22-12-6-2-7-13-22)20-26(19-23-14-8-3-9-15-23)30(28,29)17-16-21-10-4-1-5-11-21/h1-17H,18-20H2,(H,25,27). The van der Waals surface area contributed by atoms with Gasteiger partial charge in [-0.15, -0.1) is 0 Å². The Kier molecular flexibility index (Phi) is 7.54. The van der Waals surface area contributed by atoms with Crippen LogP contribution >= 0.6 is 0 Å². The van der Waals surface area contributed by atoms with Crippen LogP contribution in [0.25, 0.3) is 6.08 Å². The predicted molar refractivity (Wildman–Crippen MR) is 120 cm³/mol. The molecule has 0 heterocycles. The summed E-state index contributed by atoms with van der Waals surface area (Å²) >= 11 is 0. The molecule has 1 amide bonds. The molecular formula is C24H24N2O3S. The third-order valence-corrected chi connectivity index (χ3v) is 5.90. The molecule has 0 unspecified atom stereocenters. The number of nitrogens with zero attached hydrogens (tertiary/aromatic N) is 1. The van der Waals surface area contributed by atoms with Crippen LogP contribution in [0.4, 0.5) is 0 Å². The molecule has 0 atom stereocenters. The van der Waals surface area contributed by atoms with Gasteiger partial charge in [-0.3, -0.25) is 4.79 Å². The first-order valence-electron chi connectivity index (χ1n) is 9.61. The van der Waals surface area contributed by atoms with Gasteiger partial charge in [-0.2, -0.15) is 4.31 Å². The van der Waals surface area contributed by atoms with Gasteiger partial charge in [0.1, 0.15) is 0 Å². The molecule has 6 heteroatoms. The van der Waals surface area contributed by atoms with Crippen molar-refractivity contribution in [2.45, 2.75) is 13.1 Å². The van der Waals surface area contributed by atoms with Crippen molar-refractivity contribution in [3.8, 4) is 0 Å². The first-order valence-corrected chi connectivity index (χ1v) is 11.1. The predicted octanol–water partition coefficient (Wildman–Crippen LogP) is 3.81. The van der Waals surface area contributed by atoms with Crippen LogP contribution in [0.1, 0.15) is 16.7 Å². The molecule has 3 aromatic carbocycles. The molecule has 0 spiro atoms. The summed E-state index contributed by atoms with van der Waals surface area (Å²) < 4.78 is 27.1. The fourth-order valence-corrected chi connectivity index (χ4v) is 3.98. The monoisotopic (exact) mass is 420 g/mol. The van der Waals surface area contributed by atoms with E-state index in [2.05, 4.69) is 5.32 Å². The number of carbonyl (C=O) groups excluding carboxylic acids is 1. The number of sulfonamides is 1. The Hall–Kier alpha value is -3.22. The van der Waals surface area contributed by atoms with Crippen molar-refractivity contribution in [3.05, 3.63) is 113 Å². The van der Waals surface area contributed by atoms with Crippen molar-refractivity contribution in [2.24, 2.45) is 0 Å². The van der Waals surface area contributed by atoms with E-state index in [0.29, 0.717) is 6.54 Å². The Morgan fingerprint density at radius 1 is 0.800 bits per heavy atom. The van der Waals surface area contributed by atoms with Crippen molar-refractivity contribution in [3.63, 3.8) is 0 Å². The lowest BCUT2D eigenvalue weighted by atomic mass is 10.2. The van der Waals surface area contributed by atoms with E-state index in [1.165, 1.54) is 10.4 Å². The second-order valence-corrected chi connectivity index (χ2v) is 8.59. The number of amides is 1. The Labute approximate surface area is 177 Å². The minimum atomic E-state index is -3.80. The molecule has 0 bridgehead atoms. The molecule has 0 aliphatic carbocycles. The zero-order valence-corrected chi connectivity index (χ0v) is 17.3. The van der Waals surface area contributed by atoms with Crippen molar-refractivity contribution >= 4 is 22.0 Å². The minimum absolute atomic E-state index is 0.112. The molecule has 3 aromatic rings. The van der Waals surface area contributed by atoms with E-state index >= 15 is 0 Å². The summed E-state index contributed by atoms with van der Waals surface area (Å²) in [5.41, 5.74) is 2.53. The molecule has 5 nitrogen and oxygen atoms in total. The van der Waals surface area contributed by atoms with Crippen LogP contribution in [-0.2, 0) is 27.9 Å². The molecule has 0 saturated carbocycles. The molecule has 0 saturated heterocycles. The third-order valence-electron chi connectivity index (χ3n) is 4.45. The lowest BCUT2D eigenvalue weighted by molar-refractivity contribution is -0.121. The Morgan fingerprint density at radius 2 is 1.33 bits per heavy atom. The molecular weight excluding hydrogens is 396 g/mol. The number of benzene rings is 3. The highest BCUT2D eigenvalue weighted by Gasteiger charge is 2.22. The molecule has 1 N–H and O–H groups in total. The molecule has 3 rings (SSSR count). The average Bonchev–Trinajstić information content (AvgIpc) is 2.78. The average molecular weight is 421 g/mol. The highest BCUT2D eigenvalue weighted by molar-refractivity contribution is 7.92. The van der Waals surface area contributed by atoms with Gasteiger partial charge in [0, 0.05) is 18.5 Å². The van der Waals surface area contributed by atoms with E-state index in [9.17, 15) is 13.2 Å². The number of carbonyl (C=O) groups is 1. The first-order chi connectivity index (χ1) is 14.5. The van der Waals surface area contributed by atoms with E-state index in [4.69, 9.17) is 0 Å². The van der Waals surface area contributed by atoms with E-state index in [-0.39, 0.29) is 19.0 Å². The Morgan fingerprint density at radius 3 is 1.93 bits per heavy atom. The van der Waals surface area contributed by atoms with Crippen molar-refractivity contribution in [1.82, 2.24) is 9.62 Å². The summed E-state index contributed by atoms with van der Waals surface area (Å²) in [4.78, 5) is 12.5. The zero-order chi connectivity index (χ0) is 21.2.